The molecule has 0 aliphatic heterocycles. The molecule has 0 unspecified atom stereocenters. The number of aryl methyl sites for hydroxylation is 1. The third kappa shape index (κ3) is 4.27. The Bertz CT molecular complexity index is 470. The van der Waals surface area contributed by atoms with Crippen LogP contribution in [0.25, 0.3) is 0 Å². The molecule has 1 aromatic rings. The van der Waals surface area contributed by atoms with Crippen LogP contribution >= 0.6 is 11.3 Å². The highest BCUT2D eigenvalue weighted by molar-refractivity contribution is 7.12. The van der Waals surface area contributed by atoms with Crippen LogP contribution in [-0.4, -0.2) is 22.2 Å². The standard InChI is InChI=1S/C17H30N2OS/c1-12(18-11-17(20)9-7-6-8-10-17)14-13(2)19-15(21-14)16(3,4)5/h12,18,20H,6-11H2,1-5H3/t12-/m0/s1. The van der Waals surface area contributed by atoms with Gasteiger partial charge in [0, 0.05) is 22.9 Å². The van der Waals surface area contributed by atoms with Crippen molar-refractivity contribution >= 4 is 11.3 Å². The van der Waals surface area contributed by atoms with Gasteiger partial charge < -0.3 is 10.4 Å². The number of nitrogens with one attached hydrogen (secondary N) is 1. The lowest BCUT2D eigenvalue weighted by molar-refractivity contribution is 0.00305. The largest absolute Gasteiger partial charge is 0.389 e. The van der Waals surface area contributed by atoms with E-state index >= 15 is 0 Å². The summed E-state index contributed by atoms with van der Waals surface area (Å²) in [6.45, 7) is 11.6. The molecule has 1 fully saturated rings. The zero-order valence-electron chi connectivity index (χ0n) is 14.1. The highest BCUT2D eigenvalue weighted by Gasteiger charge is 2.30. The van der Waals surface area contributed by atoms with E-state index < -0.39 is 5.60 Å². The van der Waals surface area contributed by atoms with Crippen LogP contribution in [0.5, 0.6) is 0 Å². The molecule has 1 aromatic heterocycles. The van der Waals surface area contributed by atoms with Crippen LogP contribution in [0, 0.1) is 6.92 Å². The smallest absolute Gasteiger partial charge is 0.0985 e. The molecule has 1 saturated carbocycles. The summed E-state index contributed by atoms with van der Waals surface area (Å²) in [4.78, 5) is 6.04. The van der Waals surface area contributed by atoms with Crippen molar-refractivity contribution in [2.24, 2.45) is 0 Å². The minimum absolute atomic E-state index is 0.106. The molecule has 1 aliphatic carbocycles. The van der Waals surface area contributed by atoms with Gasteiger partial charge in [0.2, 0.25) is 0 Å². The van der Waals surface area contributed by atoms with Crippen molar-refractivity contribution in [3.63, 3.8) is 0 Å². The Labute approximate surface area is 133 Å². The van der Waals surface area contributed by atoms with Gasteiger partial charge in [-0.1, -0.05) is 40.0 Å². The van der Waals surface area contributed by atoms with Crippen molar-refractivity contribution in [3.8, 4) is 0 Å². The summed E-state index contributed by atoms with van der Waals surface area (Å²) in [7, 11) is 0. The number of hydrogen-bond acceptors (Lipinski definition) is 4. The van der Waals surface area contributed by atoms with Crippen LogP contribution < -0.4 is 5.32 Å². The molecular weight excluding hydrogens is 280 g/mol. The topological polar surface area (TPSA) is 45.2 Å². The predicted molar refractivity (Wildman–Crippen MR) is 90.0 cm³/mol. The summed E-state index contributed by atoms with van der Waals surface area (Å²) in [5.74, 6) is 0. The fourth-order valence-electron chi connectivity index (χ4n) is 2.95. The Hall–Kier alpha value is -0.450. The van der Waals surface area contributed by atoms with E-state index in [1.54, 1.807) is 11.3 Å². The van der Waals surface area contributed by atoms with E-state index in [1.807, 2.05) is 0 Å². The Kier molecular flexibility index (Phi) is 5.11. The van der Waals surface area contributed by atoms with E-state index in [4.69, 9.17) is 4.98 Å². The third-order valence-electron chi connectivity index (χ3n) is 4.39. The molecule has 0 bridgehead atoms. The number of aliphatic hydroxyl groups is 1. The minimum Gasteiger partial charge on any atom is -0.389 e. The number of hydrogen-bond donors (Lipinski definition) is 2. The summed E-state index contributed by atoms with van der Waals surface area (Å²) in [6.07, 6.45) is 5.44. The Morgan fingerprint density at radius 2 is 1.90 bits per heavy atom. The highest BCUT2D eigenvalue weighted by atomic mass is 32.1. The summed E-state index contributed by atoms with van der Waals surface area (Å²) in [6, 6.07) is 0.254. The molecule has 120 valence electrons. The van der Waals surface area contributed by atoms with Crippen LogP contribution in [0.15, 0.2) is 0 Å². The number of nitrogens with zero attached hydrogens (tertiary/aromatic N) is 1. The highest BCUT2D eigenvalue weighted by Crippen LogP contribution is 2.33. The second kappa shape index (κ2) is 6.35. The second-order valence-electron chi connectivity index (χ2n) is 7.61. The molecule has 1 heterocycles. The fraction of sp³-hybridized carbons (Fsp3) is 0.824. The molecule has 4 heteroatoms. The first-order valence-electron chi connectivity index (χ1n) is 8.15. The van der Waals surface area contributed by atoms with Gasteiger partial charge in [0.1, 0.15) is 0 Å². The SMILES string of the molecule is Cc1nc(C(C)(C)C)sc1[C@H](C)NCC1(O)CCCCC1. The summed E-state index contributed by atoms with van der Waals surface area (Å²) >= 11 is 1.80. The lowest BCUT2D eigenvalue weighted by Crippen LogP contribution is -2.42. The molecule has 3 nitrogen and oxygen atoms in total. The second-order valence-corrected chi connectivity index (χ2v) is 8.64. The molecule has 0 aromatic carbocycles. The lowest BCUT2D eigenvalue weighted by Gasteiger charge is -2.33. The normalized spacial score (nSPS) is 20.5. The Morgan fingerprint density at radius 3 is 2.43 bits per heavy atom. The monoisotopic (exact) mass is 310 g/mol. The van der Waals surface area contributed by atoms with E-state index in [2.05, 4.69) is 39.9 Å². The van der Waals surface area contributed by atoms with Gasteiger partial charge in [-0.05, 0) is 26.7 Å². The first-order chi connectivity index (χ1) is 9.71. The molecule has 2 rings (SSSR count). The van der Waals surface area contributed by atoms with Gasteiger partial charge in [-0.3, -0.25) is 0 Å². The van der Waals surface area contributed by atoms with Crippen molar-refractivity contribution < 1.29 is 5.11 Å². The van der Waals surface area contributed by atoms with Crippen molar-refractivity contribution in [2.45, 2.75) is 83.8 Å². The summed E-state index contributed by atoms with van der Waals surface area (Å²) in [5.41, 5.74) is 0.730. The van der Waals surface area contributed by atoms with Crippen LogP contribution in [-0.2, 0) is 5.41 Å². The molecule has 0 spiro atoms. The lowest BCUT2D eigenvalue weighted by atomic mass is 9.85. The van der Waals surface area contributed by atoms with Gasteiger partial charge in [0.05, 0.1) is 16.3 Å². The average Bonchev–Trinajstić information content (AvgIpc) is 2.79. The van der Waals surface area contributed by atoms with Crippen molar-refractivity contribution in [3.05, 3.63) is 15.6 Å². The quantitative estimate of drug-likeness (QED) is 0.880. The Balaban J connectivity index is 2.00. The molecule has 21 heavy (non-hydrogen) atoms. The van der Waals surface area contributed by atoms with Crippen molar-refractivity contribution in [1.29, 1.82) is 0 Å². The molecule has 2 N–H and O–H groups in total. The molecular formula is C17H30N2OS. The van der Waals surface area contributed by atoms with Gasteiger partial charge in [-0.25, -0.2) is 4.98 Å². The number of rotatable bonds is 4. The minimum atomic E-state index is -0.502. The van der Waals surface area contributed by atoms with Gasteiger partial charge >= 0.3 is 0 Å². The maximum atomic E-state index is 10.6. The predicted octanol–water partition coefficient (Wildman–Crippen LogP) is 4.09. The molecule has 0 radical (unpaired) electrons. The number of thiazole rings is 1. The number of aromatic nitrogens is 1. The molecule has 1 aliphatic rings. The maximum absolute atomic E-state index is 10.6. The van der Waals surface area contributed by atoms with Crippen molar-refractivity contribution in [1.82, 2.24) is 10.3 Å². The fourth-order valence-corrected chi connectivity index (χ4v) is 4.10. The molecule has 1 atom stereocenters. The third-order valence-corrected chi connectivity index (χ3v) is 6.15. The Morgan fingerprint density at radius 1 is 1.29 bits per heavy atom. The maximum Gasteiger partial charge on any atom is 0.0985 e. The molecule has 0 amide bonds. The zero-order chi connectivity index (χ0) is 15.7. The first-order valence-corrected chi connectivity index (χ1v) is 8.96. The average molecular weight is 311 g/mol. The van der Waals surface area contributed by atoms with Crippen LogP contribution in [0.3, 0.4) is 0 Å². The van der Waals surface area contributed by atoms with Crippen LogP contribution in [0.1, 0.15) is 81.4 Å². The van der Waals surface area contributed by atoms with Crippen LogP contribution in [0.4, 0.5) is 0 Å². The van der Waals surface area contributed by atoms with E-state index in [9.17, 15) is 5.11 Å². The van der Waals surface area contributed by atoms with E-state index in [1.165, 1.54) is 16.3 Å². The van der Waals surface area contributed by atoms with Crippen LogP contribution in [0.2, 0.25) is 0 Å². The van der Waals surface area contributed by atoms with Gasteiger partial charge in [-0.15, -0.1) is 11.3 Å². The van der Waals surface area contributed by atoms with Gasteiger partial charge in [0.25, 0.3) is 0 Å². The first kappa shape index (κ1) is 16.9. The van der Waals surface area contributed by atoms with E-state index in [0.29, 0.717) is 6.54 Å². The summed E-state index contributed by atoms with van der Waals surface area (Å²) < 4.78 is 0. The molecule has 0 saturated heterocycles. The van der Waals surface area contributed by atoms with E-state index in [-0.39, 0.29) is 11.5 Å². The zero-order valence-corrected chi connectivity index (χ0v) is 14.9. The van der Waals surface area contributed by atoms with Crippen molar-refractivity contribution in [2.75, 3.05) is 6.54 Å². The van der Waals surface area contributed by atoms with E-state index in [0.717, 1.165) is 31.4 Å². The van der Waals surface area contributed by atoms with Gasteiger partial charge in [-0.2, -0.15) is 0 Å². The summed E-state index contributed by atoms with van der Waals surface area (Å²) in [5, 5.41) is 15.3. The van der Waals surface area contributed by atoms with Gasteiger partial charge in [0.15, 0.2) is 0 Å².